The topological polar surface area (TPSA) is 114 Å². The van der Waals surface area contributed by atoms with Crippen molar-refractivity contribution in [1.29, 1.82) is 0 Å². The van der Waals surface area contributed by atoms with Crippen LogP contribution < -0.4 is 16.0 Å². The molecule has 0 amide bonds. The van der Waals surface area contributed by atoms with E-state index in [9.17, 15) is 4.79 Å². The molecule has 0 saturated heterocycles. The lowest BCUT2D eigenvalue weighted by molar-refractivity contribution is 0.237. The molecule has 3 aromatic heterocycles. The van der Waals surface area contributed by atoms with Crippen LogP contribution in [0.3, 0.4) is 0 Å². The smallest absolute Gasteiger partial charge is 0.267 e. The molecular formula is C24H25N7O2. The largest absolute Gasteiger partial charge is 0.490 e. The molecule has 0 unspecified atom stereocenters. The maximum Gasteiger partial charge on any atom is 0.267 e. The van der Waals surface area contributed by atoms with Crippen LogP contribution in [0.15, 0.2) is 66.0 Å². The van der Waals surface area contributed by atoms with E-state index in [0.29, 0.717) is 37.0 Å². The van der Waals surface area contributed by atoms with Crippen molar-refractivity contribution in [2.45, 2.75) is 19.4 Å². The van der Waals surface area contributed by atoms with Crippen molar-refractivity contribution in [3.05, 3.63) is 77.1 Å². The molecule has 3 heterocycles. The Morgan fingerprint density at radius 3 is 2.61 bits per heavy atom. The van der Waals surface area contributed by atoms with E-state index in [1.165, 1.54) is 10.7 Å². The van der Waals surface area contributed by atoms with E-state index in [4.69, 9.17) is 10.5 Å². The molecule has 4 aromatic rings. The van der Waals surface area contributed by atoms with Crippen LogP contribution in [0.1, 0.15) is 18.4 Å². The van der Waals surface area contributed by atoms with Crippen LogP contribution in [0, 0.1) is 5.41 Å². The van der Waals surface area contributed by atoms with Crippen molar-refractivity contribution >= 4 is 0 Å². The molecular weight excluding hydrogens is 418 g/mol. The zero-order valence-electron chi connectivity index (χ0n) is 18.4. The minimum Gasteiger partial charge on any atom is -0.490 e. The van der Waals surface area contributed by atoms with Crippen LogP contribution in [0.4, 0.5) is 0 Å². The molecule has 0 aliphatic heterocycles. The highest BCUT2D eigenvalue weighted by molar-refractivity contribution is 5.57. The minimum atomic E-state index is -0.170. The molecule has 0 atom stereocenters. The van der Waals surface area contributed by atoms with Crippen LogP contribution in [0.25, 0.3) is 22.6 Å². The lowest BCUT2D eigenvalue weighted by Gasteiger charge is -2.13. The van der Waals surface area contributed by atoms with Crippen LogP contribution in [-0.4, -0.2) is 42.7 Å². The van der Waals surface area contributed by atoms with Gasteiger partial charge < -0.3 is 10.5 Å². The van der Waals surface area contributed by atoms with Crippen LogP contribution in [0.5, 0.6) is 5.75 Å². The van der Waals surface area contributed by atoms with Gasteiger partial charge in [0.2, 0.25) is 0 Å². The molecule has 168 valence electrons. The Morgan fingerprint density at radius 2 is 1.91 bits per heavy atom. The summed E-state index contributed by atoms with van der Waals surface area (Å²) >= 11 is 0. The summed E-state index contributed by atoms with van der Waals surface area (Å²) in [4.78, 5) is 21.3. The predicted octanol–water partition coefficient (Wildman–Crippen LogP) is 2.27. The molecule has 2 N–H and O–H groups in total. The molecule has 0 spiro atoms. The molecule has 9 nitrogen and oxygen atoms in total. The van der Waals surface area contributed by atoms with Crippen molar-refractivity contribution in [3.63, 3.8) is 0 Å². The Hall–Kier alpha value is -3.85. The molecule has 1 aromatic carbocycles. The lowest BCUT2D eigenvalue weighted by atomic mass is 10.1. The lowest BCUT2D eigenvalue weighted by Crippen LogP contribution is -2.23. The average molecular weight is 444 g/mol. The standard InChI is InChI=1S/C24H25N7O2/c1-30-14-19(10-28-30)21-5-6-22(32)31(29-21)13-17-3-2-4-18(9-17)23-26-11-20(12-27-23)33-16-24(15-25)7-8-24/h2-6,9-12,14H,7-8,13,15-16,25H2,1H3. The molecule has 9 heteroatoms. The summed E-state index contributed by atoms with van der Waals surface area (Å²) in [6, 6.07) is 11.0. The molecule has 0 bridgehead atoms. The van der Waals surface area contributed by atoms with Crippen LogP contribution >= 0.6 is 0 Å². The fraction of sp³-hybridized carbons (Fsp3) is 0.292. The first-order chi connectivity index (χ1) is 16.0. The number of benzene rings is 1. The SMILES string of the molecule is Cn1cc(-c2ccc(=O)n(Cc3cccc(-c4ncc(OCC5(CN)CC5)cn4)c3)n2)cn1. The van der Waals surface area contributed by atoms with E-state index >= 15 is 0 Å². The molecule has 1 aliphatic carbocycles. The third kappa shape index (κ3) is 4.68. The highest BCUT2D eigenvalue weighted by Gasteiger charge is 2.42. The van der Waals surface area contributed by atoms with Crippen molar-refractivity contribution in [1.82, 2.24) is 29.5 Å². The van der Waals surface area contributed by atoms with Crippen molar-refractivity contribution in [2.24, 2.45) is 18.2 Å². The Balaban J connectivity index is 1.32. The number of ether oxygens (including phenoxy) is 1. The molecule has 1 aliphatic rings. The maximum atomic E-state index is 12.4. The average Bonchev–Trinajstić information content (AvgIpc) is 3.50. The van der Waals surface area contributed by atoms with E-state index in [-0.39, 0.29) is 11.0 Å². The number of aryl methyl sites for hydroxylation is 1. The highest BCUT2D eigenvalue weighted by atomic mass is 16.5. The summed E-state index contributed by atoms with van der Waals surface area (Å²) in [6.07, 6.45) is 9.18. The van der Waals surface area contributed by atoms with E-state index in [1.807, 2.05) is 37.5 Å². The van der Waals surface area contributed by atoms with Crippen LogP contribution in [0.2, 0.25) is 0 Å². The van der Waals surface area contributed by atoms with Crippen molar-refractivity contribution in [3.8, 4) is 28.4 Å². The first-order valence-corrected chi connectivity index (χ1v) is 10.9. The van der Waals surface area contributed by atoms with Gasteiger partial charge in [0.1, 0.15) is 0 Å². The number of nitrogens with two attached hydrogens (primary N) is 1. The Bertz CT molecular complexity index is 1320. The van der Waals surface area contributed by atoms with E-state index in [1.54, 1.807) is 29.3 Å². The van der Waals surface area contributed by atoms with E-state index in [2.05, 4.69) is 20.2 Å². The van der Waals surface area contributed by atoms with Crippen molar-refractivity contribution in [2.75, 3.05) is 13.2 Å². The minimum absolute atomic E-state index is 0.132. The second-order valence-electron chi connectivity index (χ2n) is 8.55. The third-order valence-electron chi connectivity index (χ3n) is 5.95. The van der Waals surface area contributed by atoms with Gasteiger partial charge in [-0.15, -0.1) is 0 Å². The Morgan fingerprint density at radius 1 is 1.09 bits per heavy atom. The third-order valence-corrected chi connectivity index (χ3v) is 5.95. The number of nitrogens with zero attached hydrogens (tertiary/aromatic N) is 6. The normalized spacial score (nSPS) is 14.2. The highest BCUT2D eigenvalue weighted by Crippen LogP contribution is 2.44. The maximum absolute atomic E-state index is 12.4. The van der Waals surface area contributed by atoms with Gasteiger partial charge >= 0.3 is 0 Å². The summed E-state index contributed by atoms with van der Waals surface area (Å²) in [5.74, 6) is 1.23. The first-order valence-electron chi connectivity index (χ1n) is 10.9. The Labute approximate surface area is 190 Å². The van der Waals surface area contributed by atoms with Gasteiger partial charge in [-0.25, -0.2) is 14.6 Å². The monoisotopic (exact) mass is 443 g/mol. The number of rotatable bonds is 8. The molecule has 1 saturated carbocycles. The molecule has 33 heavy (non-hydrogen) atoms. The van der Waals surface area contributed by atoms with Gasteiger partial charge in [0.25, 0.3) is 5.56 Å². The van der Waals surface area contributed by atoms with E-state index < -0.39 is 0 Å². The number of hydrogen-bond donors (Lipinski definition) is 1. The zero-order chi connectivity index (χ0) is 22.8. The van der Waals surface area contributed by atoms with Gasteiger partial charge in [0, 0.05) is 42.4 Å². The zero-order valence-corrected chi connectivity index (χ0v) is 18.4. The molecule has 1 fully saturated rings. The first kappa shape index (κ1) is 21.0. The predicted molar refractivity (Wildman–Crippen MR) is 123 cm³/mol. The Kier molecular flexibility index (Phi) is 5.47. The summed E-state index contributed by atoms with van der Waals surface area (Å²) in [5, 5.41) is 8.68. The van der Waals surface area contributed by atoms with Gasteiger partial charge in [-0.3, -0.25) is 9.48 Å². The van der Waals surface area contributed by atoms with E-state index in [0.717, 1.165) is 29.5 Å². The fourth-order valence-corrected chi connectivity index (χ4v) is 3.61. The summed E-state index contributed by atoms with van der Waals surface area (Å²) in [6.45, 7) is 1.58. The van der Waals surface area contributed by atoms with Gasteiger partial charge in [-0.05, 0) is 30.5 Å². The second kappa shape index (κ2) is 8.59. The summed E-state index contributed by atoms with van der Waals surface area (Å²) in [7, 11) is 1.84. The second-order valence-corrected chi connectivity index (χ2v) is 8.55. The van der Waals surface area contributed by atoms with Crippen molar-refractivity contribution < 1.29 is 4.74 Å². The molecule has 5 rings (SSSR count). The summed E-state index contributed by atoms with van der Waals surface area (Å²) < 4.78 is 8.97. The van der Waals surface area contributed by atoms with Gasteiger partial charge in [-0.1, -0.05) is 18.2 Å². The van der Waals surface area contributed by atoms with Gasteiger partial charge in [-0.2, -0.15) is 10.2 Å². The fourth-order valence-electron chi connectivity index (χ4n) is 3.61. The number of hydrogen-bond acceptors (Lipinski definition) is 7. The molecule has 0 radical (unpaired) electrons. The quantitative estimate of drug-likeness (QED) is 0.444. The summed E-state index contributed by atoms with van der Waals surface area (Å²) in [5.41, 5.74) is 9.11. The van der Waals surface area contributed by atoms with Gasteiger partial charge in [0.15, 0.2) is 11.6 Å². The number of aromatic nitrogens is 6. The van der Waals surface area contributed by atoms with Gasteiger partial charge in [0.05, 0.1) is 37.4 Å². The van der Waals surface area contributed by atoms with Crippen LogP contribution in [-0.2, 0) is 13.6 Å².